The molecule has 0 aliphatic rings. The monoisotopic (exact) mass is 317 g/mol. The van der Waals surface area contributed by atoms with Crippen LogP contribution >= 0.6 is 11.6 Å². The van der Waals surface area contributed by atoms with Gasteiger partial charge in [-0.3, -0.25) is 4.79 Å². The number of hydrogen-bond donors (Lipinski definition) is 1. The first-order valence-electron chi connectivity index (χ1n) is 7.17. The van der Waals surface area contributed by atoms with Gasteiger partial charge in [0.1, 0.15) is 11.5 Å². The summed E-state index contributed by atoms with van der Waals surface area (Å²) in [7, 11) is 1.64. The number of carbonyl (C=O) groups is 1. The molecule has 0 saturated carbocycles. The first-order valence-corrected chi connectivity index (χ1v) is 7.55. The number of anilines is 1. The summed E-state index contributed by atoms with van der Waals surface area (Å²) in [5, 5.41) is 4.11. The van der Waals surface area contributed by atoms with E-state index >= 15 is 0 Å². The molecule has 0 saturated heterocycles. The largest absolute Gasteiger partial charge is 0.497 e. The lowest BCUT2D eigenvalue weighted by Crippen LogP contribution is -2.24. The Labute approximate surface area is 136 Å². The quantitative estimate of drug-likeness (QED) is 0.837. The number of rotatable bonds is 6. The van der Waals surface area contributed by atoms with E-state index < -0.39 is 0 Å². The molecule has 2 aromatic rings. The van der Waals surface area contributed by atoms with Crippen LogP contribution in [0.1, 0.15) is 25.5 Å². The number of halogens is 1. The van der Waals surface area contributed by atoms with Gasteiger partial charge in [-0.2, -0.15) is 0 Å². The van der Waals surface area contributed by atoms with Crippen molar-refractivity contribution in [1.29, 1.82) is 0 Å². The van der Waals surface area contributed by atoms with Gasteiger partial charge in [0.15, 0.2) is 0 Å². The third-order valence-corrected chi connectivity index (χ3v) is 4.03. The number of nitrogens with one attached hydrogen (secondary N) is 1. The number of Topliss-reactive ketones (excluding diaryl/α,β-unsaturated/α-hetero) is 1. The zero-order valence-electron chi connectivity index (χ0n) is 13.0. The SMILES string of the molecule is COc1ccc(N[C@H](c2ccc(Cl)cc2)[C@H](C)C(C)=O)cc1. The normalized spacial score (nSPS) is 13.3. The smallest absolute Gasteiger partial charge is 0.135 e. The Morgan fingerprint density at radius 2 is 1.68 bits per heavy atom. The van der Waals surface area contributed by atoms with Gasteiger partial charge in [0.2, 0.25) is 0 Å². The molecule has 4 heteroatoms. The summed E-state index contributed by atoms with van der Waals surface area (Å²) in [6, 6.07) is 15.1. The van der Waals surface area contributed by atoms with E-state index in [1.54, 1.807) is 14.0 Å². The van der Waals surface area contributed by atoms with Crippen molar-refractivity contribution >= 4 is 23.1 Å². The van der Waals surface area contributed by atoms with Crippen molar-refractivity contribution in [2.45, 2.75) is 19.9 Å². The lowest BCUT2D eigenvalue weighted by atomic mass is 9.91. The van der Waals surface area contributed by atoms with Crippen molar-refractivity contribution in [2.24, 2.45) is 5.92 Å². The molecule has 22 heavy (non-hydrogen) atoms. The maximum atomic E-state index is 11.8. The highest BCUT2D eigenvalue weighted by Crippen LogP contribution is 2.29. The average Bonchev–Trinajstić information content (AvgIpc) is 2.53. The molecule has 0 fully saturated rings. The van der Waals surface area contributed by atoms with Gasteiger partial charge in [-0.05, 0) is 48.9 Å². The zero-order valence-corrected chi connectivity index (χ0v) is 13.7. The molecule has 2 rings (SSSR count). The summed E-state index contributed by atoms with van der Waals surface area (Å²) in [4.78, 5) is 11.8. The number of hydrogen-bond acceptors (Lipinski definition) is 3. The van der Waals surface area contributed by atoms with Crippen LogP contribution in [0.15, 0.2) is 48.5 Å². The highest BCUT2D eigenvalue weighted by molar-refractivity contribution is 6.30. The minimum Gasteiger partial charge on any atom is -0.497 e. The standard InChI is InChI=1S/C18H20ClNO2/c1-12(13(2)21)18(14-4-6-15(19)7-5-14)20-16-8-10-17(22-3)11-9-16/h4-12,18,20H,1-3H3/t12-,18+/m1/s1. The fourth-order valence-corrected chi connectivity index (χ4v) is 2.39. The van der Waals surface area contributed by atoms with E-state index in [2.05, 4.69) is 5.32 Å². The number of carbonyl (C=O) groups excluding carboxylic acids is 1. The van der Waals surface area contributed by atoms with E-state index in [4.69, 9.17) is 16.3 Å². The molecule has 0 amide bonds. The summed E-state index contributed by atoms with van der Waals surface area (Å²) < 4.78 is 5.16. The van der Waals surface area contributed by atoms with Crippen molar-refractivity contribution < 1.29 is 9.53 Å². The van der Waals surface area contributed by atoms with E-state index in [0.717, 1.165) is 17.0 Å². The summed E-state index contributed by atoms with van der Waals surface area (Å²) in [5.41, 5.74) is 1.97. The molecule has 0 bridgehead atoms. The second-order valence-electron chi connectivity index (χ2n) is 5.30. The zero-order chi connectivity index (χ0) is 16.1. The number of ketones is 1. The Bertz CT molecular complexity index is 623. The van der Waals surface area contributed by atoms with Crippen molar-refractivity contribution in [3.05, 3.63) is 59.1 Å². The molecule has 0 aliphatic carbocycles. The molecule has 116 valence electrons. The molecular weight excluding hydrogens is 298 g/mol. The van der Waals surface area contributed by atoms with Crippen LogP contribution in [0.25, 0.3) is 0 Å². The van der Waals surface area contributed by atoms with Crippen LogP contribution in [0, 0.1) is 5.92 Å². The molecule has 0 aliphatic heterocycles. The fourth-order valence-electron chi connectivity index (χ4n) is 2.27. The number of benzene rings is 2. The average molecular weight is 318 g/mol. The summed E-state index contributed by atoms with van der Waals surface area (Å²) in [6.07, 6.45) is 0. The van der Waals surface area contributed by atoms with Gasteiger partial charge >= 0.3 is 0 Å². The molecule has 1 N–H and O–H groups in total. The predicted molar refractivity (Wildman–Crippen MR) is 90.7 cm³/mol. The maximum Gasteiger partial charge on any atom is 0.135 e. The summed E-state index contributed by atoms with van der Waals surface area (Å²) in [6.45, 7) is 3.54. The van der Waals surface area contributed by atoms with Crippen LogP contribution in [0.3, 0.4) is 0 Å². The van der Waals surface area contributed by atoms with Crippen LogP contribution < -0.4 is 10.1 Å². The Kier molecular flexibility index (Phi) is 5.45. The van der Waals surface area contributed by atoms with Gasteiger partial charge in [0.25, 0.3) is 0 Å². The molecule has 0 aromatic heterocycles. The Hall–Kier alpha value is -2.00. The van der Waals surface area contributed by atoms with Gasteiger partial charge in [-0.1, -0.05) is 30.7 Å². The van der Waals surface area contributed by atoms with Crippen molar-refractivity contribution in [3.63, 3.8) is 0 Å². The Morgan fingerprint density at radius 3 is 2.18 bits per heavy atom. The van der Waals surface area contributed by atoms with Gasteiger partial charge < -0.3 is 10.1 Å². The molecule has 2 aromatic carbocycles. The second-order valence-corrected chi connectivity index (χ2v) is 5.74. The van der Waals surface area contributed by atoms with E-state index in [1.165, 1.54) is 0 Å². The summed E-state index contributed by atoms with van der Waals surface area (Å²) >= 11 is 5.95. The van der Waals surface area contributed by atoms with E-state index in [1.807, 2.05) is 55.5 Å². The van der Waals surface area contributed by atoms with Crippen LogP contribution in [-0.4, -0.2) is 12.9 Å². The van der Waals surface area contributed by atoms with Crippen molar-refractivity contribution in [2.75, 3.05) is 12.4 Å². The lowest BCUT2D eigenvalue weighted by Gasteiger charge is -2.25. The molecule has 0 spiro atoms. The van der Waals surface area contributed by atoms with Crippen LogP contribution in [-0.2, 0) is 4.79 Å². The molecule has 2 atom stereocenters. The number of methoxy groups -OCH3 is 1. The summed E-state index contributed by atoms with van der Waals surface area (Å²) in [5.74, 6) is 0.789. The van der Waals surface area contributed by atoms with E-state index in [0.29, 0.717) is 5.02 Å². The molecule has 3 nitrogen and oxygen atoms in total. The highest BCUT2D eigenvalue weighted by Gasteiger charge is 2.22. The first-order chi connectivity index (χ1) is 10.5. The second kappa shape index (κ2) is 7.32. The molecule has 0 radical (unpaired) electrons. The minimum atomic E-state index is -0.150. The Balaban J connectivity index is 2.27. The molecule has 0 heterocycles. The van der Waals surface area contributed by atoms with Crippen LogP contribution in [0.2, 0.25) is 5.02 Å². The van der Waals surface area contributed by atoms with Gasteiger partial charge in [0.05, 0.1) is 13.2 Å². The van der Waals surface area contributed by atoms with Crippen LogP contribution in [0.4, 0.5) is 5.69 Å². The van der Waals surface area contributed by atoms with E-state index in [-0.39, 0.29) is 17.7 Å². The topological polar surface area (TPSA) is 38.3 Å². The molecule has 0 unspecified atom stereocenters. The fraction of sp³-hybridized carbons (Fsp3) is 0.278. The maximum absolute atomic E-state index is 11.8. The van der Waals surface area contributed by atoms with E-state index in [9.17, 15) is 4.79 Å². The van der Waals surface area contributed by atoms with Crippen molar-refractivity contribution in [3.8, 4) is 5.75 Å². The van der Waals surface area contributed by atoms with Gasteiger partial charge in [0, 0.05) is 16.6 Å². The minimum absolute atomic E-state index is 0.108. The van der Waals surface area contributed by atoms with Crippen molar-refractivity contribution in [1.82, 2.24) is 0 Å². The predicted octanol–water partition coefficient (Wildman–Crippen LogP) is 4.73. The van der Waals surface area contributed by atoms with Gasteiger partial charge in [-0.15, -0.1) is 0 Å². The molecular formula is C18H20ClNO2. The lowest BCUT2D eigenvalue weighted by molar-refractivity contribution is -0.120. The first kappa shape index (κ1) is 16.4. The third-order valence-electron chi connectivity index (χ3n) is 3.78. The number of ether oxygens (including phenoxy) is 1. The Morgan fingerprint density at radius 1 is 1.09 bits per heavy atom. The highest BCUT2D eigenvalue weighted by atomic mass is 35.5. The third kappa shape index (κ3) is 4.01. The van der Waals surface area contributed by atoms with Gasteiger partial charge in [-0.25, -0.2) is 0 Å². The van der Waals surface area contributed by atoms with Crippen LogP contribution in [0.5, 0.6) is 5.75 Å².